The van der Waals surface area contributed by atoms with Crippen LogP contribution in [0.2, 0.25) is 0 Å². The molecule has 0 aliphatic heterocycles. The van der Waals surface area contributed by atoms with E-state index in [1.165, 1.54) is 35.0 Å². The molecule has 0 atom stereocenters. The highest BCUT2D eigenvalue weighted by atomic mass is 19.3. The van der Waals surface area contributed by atoms with Crippen molar-refractivity contribution in [1.82, 2.24) is 14.8 Å². The number of carbonyl (C=O) groups is 1. The second kappa shape index (κ2) is 6.86. The summed E-state index contributed by atoms with van der Waals surface area (Å²) in [5, 5.41) is 4.02. The van der Waals surface area contributed by atoms with E-state index in [1.807, 2.05) is 0 Å². The van der Waals surface area contributed by atoms with Gasteiger partial charge in [-0.25, -0.2) is 14.5 Å². The number of halogens is 2. The van der Waals surface area contributed by atoms with E-state index in [0.717, 1.165) is 0 Å². The summed E-state index contributed by atoms with van der Waals surface area (Å²) in [6.45, 7) is -3.02. The van der Waals surface area contributed by atoms with Crippen molar-refractivity contribution in [3.05, 3.63) is 66.6 Å². The first kappa shape index (κ1) is 15.6. The molecule has 0 spiro atoms. The Morgan fingerprint density at radius 2 is 1.83 bits per heavy atom. The highest BCUT2D eigenvalue weighted by Crippen LogP contribution is 2.28. The summed E-state index contributed by atoms with van der Waals surface area (Å²) in [6.07, 6.45) is 3.24. The Morgan fingerprint density at radius 3 is 2.54 bits per heavy atom. The van der Waals surface area contributed by atoms with Crippen molar-refractivity contribution in [2.75, 3.05) is 0 Å². The quantitative estimate of drug-likeness (QED) is 0.531. The molecular formula is C16H11F2N3O3. The van der Waals surface area contributed by atoms with Gasteiger partial charge in [-0.05, 0) is 30.3 Å². The molecule has 0 bridgehead atoms. The first-order valence-corrected chi connectivity index (χ1v) is 6.86. The minimum Gasteiger partial charge on any atom is -0.431 e. The van der Waals surface area contributed by atoms with Gasteiger partial charge >= 0.3 is 12.6 Å². The molecule has 1 aromatic carbocycles. The van der Waals surface area contributed by atoms with Crippen LogP contribution in [-0.2, 0) is 0 Å². The van der Waals surface area contributed by atoms with Gasteiger partial charge in [-0.15, -0.1) is 0 Å². The Balaban J connectivity index is 1.82. The summed E-state index contributed by atoms with van der Waals surface area (Å²) in [6, 6.07) is 12.1. The lowest BCUT2D eigenvalue weighted by atomic mass is 10.3. The molecule has 3 aromatic rings. The van der Waals surface area contributed by atoms with E-state index in [-0.39, 0.29) is 17.2 Å². The number of aromatic nitrogens is 3. The van der Waals surface area contributed by atoms with Gasteiger partial charge in [0.25, 0.3) is 0 Å². The average Bonchev–Trinajstić information content (AvgIpc) is 3.11. The fourth-order valence-electron chi connectivity index (χ4n) is 1.95. The van der Waals surface area contributed by atoms with Crippen molar-refractivity contribution >= 4 is 5.97 Å². The summed E-state index contributed by atoms with van der Waals surface area (Å²) in [5.74, 6) is -0.723. The summed E-state index contributed by atoms with van der Waals surface area (Å²) in [4.78, 5) is 16.4. The number of para-hydroxylation sites is 2. The minimum absolute atomic E-state index is 0.00912. The number of ether oxygens (including phenoxy) is 2. The molecule has 0 fully saturated rings. The molecule has 0 aliphatic rings. The number of benzene rings is 1. The lowest BCUT2D eigenvalue weighted by Crippen LogP contribution is -2.13. The van der Waals surface area contributed by atoms with Crippen LogP contribution in [-0.4, -0.2) is 27.3 Å². The van der Waals surface area contributed by atoms with Crippen LogP contribution in [0.15, 0.2) is 60.9 Å². The average molecular weight is 331 g/mol. The monoisotopic (exact) mass is 331 g/mol. The smallest absolute Gasteiger partial charge is 0.387 e. The standard InChI is InChI=1S/C16H11F2N3O3/c17-16(18)24-13-7-2-1-6-12(13)23-15(22)11-5-3-8-14(20-11)21-10-4-9-19-21/h1-10,16H. The zero-order valence-electron chi connectivity index (χ0n) is 12.2. The summed E-state index contributed by atoms with van der Waals surface area (Å²) >= 11 is 0. The van der Waals surface area contributed by atoms with Crippen LogP contribution in [0.5, 0.6) is 11.5 Å². The van der Waals surface area contributed by atoms with E-state index in [9.17, 15) is 13.6 Å². The minimum atomic E-state index is -3.02. The highest BCUT2D eigenvalue weighted by molar-refractivity contribution is 5.89. The van der Waals surface area contributed by atoms with E-state index in [0.29, 0.717) is 5.82 Å². The van der Waals surface area contributed by atoms with Crippen molar-refractivity contribution in [3.8, 4) is 17.3 Å². The van der Waals surface area contributed by atoms with Gasteiger partial charge in [0.2, 0.25) is 0 Å². The SMILES string of the molecule is O=C(Oc1ccccc1OC(F)F)c1cccc(-n2cccn2)n1. The fourth-order valence-corrected chi connectivity index (χ4v) is 1.95. The van der Waals surface area contributed by atoms with Gasteiger partial charge in [0, 0.05) is 12.4 Å². The molecule has 3 rings (SSSR count). The zero-order valence-corrected chi connectivity index (χ0v) is 12.2. The van der Waals surface area contributed by atoms with Crippen LogP contribution in [0.4, 0.5) is 8.78 Å². The first-order valence-electron chi connectivity index (χ1n) is 6.86. The van der Waals surface area contributed by atoms with Crippen molar-refractivity contribution in [3.63, 3.8) is 0 Å². The maximum atomic E-state index is 12.4. The Hall–Kier alpha value is -3.29. The molecule has 8 heteroatoms. The summed E-state index contributed by atoms with van der Waals surface area (Å²) < 4.78 is 35.7. The molecule has 2 aromatic heterocycles. The van der Waals surface area contributed by atoms with Gasteiger partial charge in [0.1, 0.15) is 0 Å². The predicted octanol–water partition coefficient (Wildman–Crippen LogP) is 3.09. The molecule has 0 saturated heterocycles. The molecule has 0 N–H and O–H groups in total. The normalized spacial score (nSPS) is 10.6. The maximum Gasteiger partial charge on any atom is 0.387 e. The Bertz CT molecular complexity index is 838. The number of hydrogen-bond donors (Lipinski definition) is 0. The second-order valence-electron chi connectivity index (χ2n) is 4.55. The van der Waals surface area contributed by atoms with Crippen LogP contribution < -0.4 is 9.47 Å². The number of pyridine rings is 1. The summed E-state index contributed by atoms with van der Waals surface area (Å²) in [5.41, 5.74) is 0.00912. The number of hydrogen-bond acceptors (Lipinski definition) is 5. The van der Waals surface area contributed by atoms with Gasteiger partial charge in [0.15, 0.2) is 23.0 Å². The highest BCUT2D eigenvalue weighted by Gasteiger charge is 2.16. The molecule has 0 aliphatic carbocycles. The van der Waals surface area contributed by atoms with Crippen molar-refractivity contribution in [2.45, 2.75) is 6.61 Å². The third-order valence-corrected chi connectivity index (χ3v) is 2.95. The number of alkyl halides is 2. The first-order chi connectivity index (χ1) is 11.6. The Labute approximate surface area is 135 Å². The topological polar surface area (TPSA) is 66.2 Å². The van der Waals surface area contributed by atoms with Gasteiger partial charge in [-0.2, -0.15) is 13.9 Å². The Morgan fingerprint density at radius 1 is 1.04 bits per heavy atom. The van der Waals surface area contributed by atoms with E-state index in [2.05, 4.69) is 14.8 Å². The number of nitrogens with zero attached hydrogens (tertiary/aromatic N) is 3. The Kier molecular flexibility index (Phi) is 4.46. The molecular weight excluding hydrogens is 320 g/mol. The number of rotatable bonds is 5. The molecule has 0 amide bonds. The van der Waals surface area contributed by atoms with Gasteiger partial charge in [-0.3, -0.25) is 0 Å². The van der Waals surface area contributed by atoms with E-state index < -0.39 is 12.6 Å². The maximum absolute atomic E-state index is 12.4. The second-order valence-corrected chi connectivity index (χ2v) is 4.55. The van der Waals surface area contributed by atoms with Crippen LogP contribution in [0.3, 0.4) is 0 Å². The zero-order chi connectivity index (χ0) is 16.9. The molecule has 2 heterocycles. The lowest BCUT2D eigenvalue weighted by molar-refractivity contribution is -0.0512. The van der Waals surface area contributed by atoms with Crippen molar-refractivity contribution in [1.29, 1.82) is 0 Å². The van der Waals surface area contributed by atoms with Crippen LogP contribution in [0.1, 0.15) is 10.5 Å². The van der Waals surface area contributed by atoms with Crippen LogP contribution in [0.25, 0.3) is 5.82 Å². The van der Waals surface area contributed by atoms with Gasteiger partial charge in [0.05, 0.1) is 0 Å². The molecule has 0 radical (unpaired) electrons. The van der Waals surface area contributed by atoms with Crippen LogP contribution in [0, 0.1) is 0 Å². The van der Waals surface area contributed by atoms with Crippen LogP contribution >= 0.6 is 0 Å². The van der Waals surface area contributed by atoms with E-state index in [1.54, 1.807) is 30.6 Å². The molecule has 24 heavy (non-hydrogen) atoms. The molecule has 0 saturated carbocycles. The number of esters is 1. The summed E-state index contributed by atoms with van der Waals surface area (Å²) in [7, 11) is 0. The lowest BCUT2D eigenvalue weighted by Gasteiger charge is -2.10. The molecule has 0 unspecified atom stereocenters. The van der Waals surface area contributed by atoms with E-state index in [4.69, 9.17) is 4.74 Å². The third kappa shape index (κ3) is 3.54. The third-order valence-electron chi connectivity index (χ3n) is 2.95. The largest absolute Gasteiger partial charge is 0.431 e. The predicted molar refractivity (Wildman–Crippen MR) is 79.4 cm³/mol. The van der Waals surface area contributed by atoms with Crippen molar-refractivity contribution < 1.29 is 23.0 Å². The van der Waals surface area contributed by atoms with Gasteiger partial charge < -0.3 is 9.47 Å². The number of carbonyl (C=O) groups excluding carboxylic acids is 1. The van der Waals surface area contributed by atoms with Gasteiger partial charge in [-0.1, -0.05) is 18.2 Å². The molecule has 6 nitrogen and oxygen atoms in total. The fraction of sp³-hybridized carbons (Fsp3) is 0.0625. The van der Waals surface area contributed by atoms with Crippen molar-refractivity contribution in [2.24, 2.45) is 0 Å². The van der Waals surface area contributed by atoms with E-state index >= 15 is 0 Å². The molecule has 122 valence electrons.